The summed E-state index contributed by atoms with van der Waals surface area (Å²) < 4.78 is 12.5. The van der Waals surface area contributed by atoms with E-state index in [0.29, 0.717) is 11.5 Å². The van der Waals surface area contributed by atoms with Gasteiger partial charge in [-0.1, -0.05) is 19.1 Å². The lowest BCUT2D eigenvalue weighted by atomic mass is 9.51. The first kappa shape index (κ1) is 16.8. The Bertz CT molecular complexity index is 508. The first-order valence-electron chi connectivity index (χ1n) is 11.2. The van der Waals surface area contributed by atoms with Crippen molar-refractivity contribution in [1.29, 1.82) is 0 Å². The maximum absolute atomic E-state index is 6.58. The molecule has 3 saturated carbocycles. The van der Waals surface area contributed by atoms with Gasteiger partial charge in [-0.25, -0.2) is 0 Å². The third-order valence-electron chi connectivity index (χ3n) is 8.90. The smallest absolute Gasteiger partial charge is 0.157 e. The van der Waals surface area contributed by atoms with Gasteiger partial charge in [-0.3, -0.25) is 0 Å². The highest BCUT2D eigenvalue weighted by molar-refractivity contribution is 5.08. The van der Waals surface area contributed by atoms with Crippen molar-refractivity contribution >= 4 is 0 Å². The molecule has 1 heterocycles. The second kappa shape index (κ2) is 6.68. The molecule has 1 aliphatic heterocycles. The van der Waals surface area contributed by atoms with Crippen molar-refractivity contribution in [3.05, 3.63) is 12.2 Å². The van der Waals surface area contributed by atoms with Gasteiger partial charge in [-0.2, -0.15) is 0 Å². The number of hydrogen-bond donors (Lipinski definition) is 0. The van der Waals surface area contributed by atoms with Crippen LogP contribution in [0.15, 0.2) is 12.2 Å². The molecule has 5 aliphatic rings. The monoisotopic (exact) mass is 344 g/mol. The molecule has 4 aliphatic carbocycles. The Hall–Kier alpha value is -0.340. The summed E-state index contributed by atoms with van der Waals surface area (Å²) in [5, 5.41) is 0. The summed E-state index contributed by atoms with van der Waals surface area (Å²) in [6.45, 7) is 3.47. The van der Waals surface area contributed by atoms with E-state index in [-0.39, 0.29) is 6.29 Å². The third-order valence-corrected chi connectivity index (χ3v) is 8.90. The van der Waals surface area contributed by atoms with E-state index < -0.39 is 0 Å². The molecule has 25 heavy (non-hydrogen) atoms. The lowest BCUT2D eigenvalue weighted by molar-refractivity contribution is -0.215. The van der Waals surface area contributed by atoms with Crippen molar-refractivity contribution in [3.63, 3.8) is 0 Å². The Kier molecular flexibility index (Phi) is 4.49. The van der Waals surface area contributed by atoms with Crippen LogP contribution in [0.4, 0.5) is 0 Å². The van der Waals surface area contributed by atoms with Crippen LogP contribution in [0.5, 0.6) is 0 Å². The molecule has 1 saturated heterocycles. The molecule has 0 radical (unpaired) electrons. The van der Waals surface area contributed by atoms with Crippen LogP contribution in [0.3, 0.4) is 0 Å². The van der Waals surface area contributed by atoms with Gasteiger partial charge in [0.1, 0.15) is 0 Å². The summed E-state index contributed by atoms with van der Waals surface area (Å²) >= 11 is 0. The van der Waals surface area contributed by atoms with Gasteiger partial charge >= 0.3 is 0 Å². The molecule has 1 unspecified atom stereocenters. The Balaban J connectivity index is 1.31. The summed E-state index contributed by atoms with van der Waals surface area (Å²) in [5.74, 6) is 4.89. The van der Waals surface area contributed by atoms with Crippen LogP contribution in [0.1, 0.15) is 77.6 Å². The normalized spacial score (nSPS) is 52.3. The molecule has 0 aromatic heterocycles. The Morgan fingerprint density at radius 2 is 1.80 bits per heavy atom. The minimum atomic E-state index is 0.0891. The fourth-order valence-corrected chi connectivity index (χ4v) is 7.60. The van der Waals surface area contributed by atoms with Gasteiger partial charge in [0.15, 0.2) is 6.29 Å². The molecule has 0 spiro atoms. The van der Waals surface area contributed by atoms with Crippen LogP contribution in [0, 0.1) is 35.0 Å². The number of fused-ring (bicyclic) bond motifs is 5. The van der Waals surface area contributed by atoms with E-state index in [1.165, 1.54) is 64.2 Å². The summed E-state index contributed by atoms with van der Waals surface area (Å²) in [6, 6.07) is 0. The minimum Gasteiger partial charge on any atom is -0.353 e. The Labute approximate surface area is 153 Å². The lowest BCUT2D eigenvalue weighted by Crippen LogP contribution is -2.49. The first-order valence-corrected chi connectivity index (χ1v) is 11.2. The molecule has 0 N–H and O–H groups in total. The van der Waals surface area contributed by atoms with Crippen molar-refractivity contribution in [2.75, 3.05) is 6.61 Å². The maximum Gasteiger partial charge on any atom is 0.157 e. The molecule has 0 amide bonds. The summed E-state index contributed by atoms with van der Waals surface area (Å²) in [5.41, 5.74) is 0.416. The highest BCUT2D eigenvalue weighted by Crippen LogP contribution is 2.62. The topological polar surface area (TPSA) is 18.5 Å². The van der Waals surface area contributed by atoms with E-state index in [4.69, 9.17) is 9.47 Å². The predicted molar refractivity (Wildman–Crippen MR) is 100 cm³/mol. The molecule has 5 rings (SSSR count). The van der Waals surface area contributed by atoms with Gasteiger partial charge in [-0.05, 0) is 106 Å². The lowest BCUT2D eigenvalue weighted by Gasteiger charge is -2.55. The maximum atomic E-state index is 6.58. The SMILES string of the molecule is C[C@]12CC[C@H]3[C@@H](CC[C@H]4CC=CC[C@@H]43)[C@@H]1CC[C@H]2OC1CCCCO1. The second-order valence-electron chi connectivity index (χ2n) is 9.92. The minimum absolute atomic E-state index is 0.0891. The summed E-state index contributed by atoms with van der Waals surface area (Å²) in [6.07, 6.45) is 20.3. The number of allylic oxidation sites excluding steroid dienone is 2. The van der Waals surface area contributed by atoms with Gasteiger partial charge in [0.05, 0.1) is 6.10 Å². The largest absolute Gasteiger partial charge is 0.353 e. The standard InChI is InChI=1S/C23H36O2/c1-23-14-13-18-17-7-3-2-6-16(17)9-10-19(18)20(23)11-12-21(23)25-22-8-4-5-15-24-22/h2-3,16-22H,4-15H2,1H3/t16-,17+,18-,19-,20+,21-,22?,23+/m1/s1. The van der Waals surface area contributed by atoms with E-state index >= 15 is 0 Å². The van der Waals surface area contributed by atoms with E-state index in [1.807, 2.05) is 0 Å². The predicted octanol–water partition coefficient (Wildman–Crippen LogP) is 5.72. The number of rotatable bonds is 2. The summed E-state index contributed by atoms with van der Waals surface area (Å²) in [4.78, 5) is 0. The molecule has 0 aromatic carbocycles. The molecule has 0 bridgehead atoms. The molecule has 8 atom stereocenters. The van der Waals surface area contributed by atoms with Crippen molar-refractivity contribution in [2.24, 2.45) is 35.0 Å². The van der Waals surface area contributed by atoms with Crippen LogP contribution in [-0.4, -0.2) is 19.0 Å². The molecular formula is C23H36O2. The zero-order valence-electron chi connectivity index (χ0n) is 16.0. The summed E-state index contributed by atoms with van der Waals surface area (Å²) in [7, 11) is 0. The third kappa shape index (κ3) is 2.83. The zero-order valence-corrected chi connectivity index (χ0v) is 16.0. The molecule has 2 heteroatoms. The molecule has 0 aromatic rings. The molecule has 140 valence electrons. The molecule has 4 fully saturated rings. The fourth-order valence-electron chi connectivity index (χ4n) is 7.60. The van der Waals surface area contributed by atoms with Crippen LogP contribution >= 0.6 is 0 Å². The van der Waals surface area contributed by atoms with Crippen molar-refractivity contribution in [1.82, 2.24) is 0 Å². The van der Waals surface area contributed by atoms with Crippen molar-refractivity contribution in [2.45, 2.75) is 89.9 Å². The van der Waals surface area contributed by atoms with Gasteiger partial charge in [0.25, 0.3) is 0 Å². The van der Waals surface area contributed by atoms with Crippen molar-refractivity contribution < 1.29 is 9.47 Å². The Morgan fingerprint density at radius 1 is 0.880 bits per heavy atom. The second-order valence-corrected chi connectivity index (χ2v) is 9.92. The zero-order chi connectivity index (χ0) is 16.9. The van der Waals surface area contributed by atoms with Gasteiger partial charge in [0, 0.05) is 6.61 Å². The van der Waals surface area contributed by atoms with E-state index in [1.54, 1.807) is 0 Å². The van der Waals surface area contributed by atoms with Crippen LogP contribution in [-0.2, 0) is 9.47 Å². The quantitative estimate of drug-likeness (QED) is 0.597. The van der Waals surface area contributed by atoms with E-state index in [9.17, 15) is 0 Å². The van der Waals surface area contributed by atoms with E-state index in [2.05, 4.69) is 19.1 Å². The molecular weight excluding hydrogens is 308 g/mol. The first-order chi connectivity index (χ1) is 12.3. The van der Waals surface area contributed by atoms with Gasteiger partial charge in [-0.15, -0.1) is 0 Å². The van der Waals surface area contributed by atoms with Gasteiger partial charge in [0.2, 0.25) is 0 Å². The highest BCUT2D eigenvalue weighted by atomic mass is 16.7. The average Bonchev–Trinajstić information content (AvgIpc) is 2.99. The highest BCUT2D eigenvalue weighted by Gasteiger charge is 2.57. The van der Waals surface area contributed by atoms with Crippen molar-refractivity contribution in [3.8, 4) is 0 Å². The number of ether oxygens (including phenoxy) is 2. The number of hydrogen-bond acceptors (Lipinski definition) is 2. The average molecular weight is 345 g/mol. The van der Waals surface area contributed by atoms with Gasteiger partial charge < -0.3 is 9.47 Å². The Morgan fingerprint density at radius 3 is 2.68 bits per heavy atom. The van der Waals surface area contributed by atoms with E-state index in [0.717, 1.165) is 42.6 Å². The van der Waals surface area contributed by atoms with Crippen LogP contribution < -0.4 is 0 Å². The molecule has 2 nitrogen and oxygen atoms in total. The van der Waals surface area contributed by atoms with Crippen LogP contribution in [0.25, 0.3) is 0 Å². The van der Waals surface area contributed by atoms with Crippen LogP contribution in [0.2, 0.25) is 0 Å². The fraction of sp³-hybridized carbons (Fsp3) is 0.913.